The second-order valence-electron chi connectivity index (χ2n) is 5.34. The SMILES string of the molecule is C#CC(CCC)CC(=C)C[Si](C)(C)C. The molecule has 0 rings (SSSR count). The van der Waals surface area contributed by atoms with Gasteiger partial charge in [-0.25, -0.2) is 0 Å². The van der Waals surface area contributed by atoms with Gasteiger partial charge in [-0.3, -0.25) is 0 Å². The van der Waals surface area contributed by atoms with E-state index in [9.17, 15) is 0 Å². The summed E-state index contributed by atoms with van der Waals surface area (Å²) in [6.07, 6.45) is 8.84. The highest BCUT2D eigenvalue weighted by Crippen LogP contribution is 2.22. The molecule has 0 nitrogen and oxygen atoms in total. The topological polar surface area (TPSA) is 0 Å². The van der Waals surface area contributed by atoms with E-state index in [0.717, 1.165) is 12.8 Å². The molecule has 0 aromatic rings. The zero-order chi connectivity index (χ0) is 11.2. The molecule has 0 heterocycles. The maximum Gasteiger partial charge on any atom is 0.0483 e. The highest BCUT2D eigenvalue weighted by atomic mass is 28.3. The van der Waals surface area contributed by atoms with Crippen molar-refractivity contribution in [3.05, 3.63) is 12.2 Å². The number of terminal acetylenes is 1. The first-order valence-electron chi connectivity index (χ1n) is 5.52. The molecule has 1 unspecified atom stereocenters. The van der Waals surface area contributed by atoms with Crippen LogP contribution in [0.5, 0.6) is 0 Å². The van der Waals surface area contributed by atoms with Crippen LogP contribution in [0.1, 0.15) is 26.2 Å². The molecule has 0 aromatic carbocycles. The minimum Gasteiger partial charge on any atom is -0.120 e. The first-order chi connectivity index (χ1) is 6.39. The lowest BCUT2D eigenvalue weighted by Crippen LogP contribution is -2.20. The van der Waals surface area contributed by atoms with E-state index in [0.29, 0.717) is 5.92 Å². The van der Waals surface area contributed by atoms with Gasteiger partial charge in [0.1, 0.15) is 0 Å². The van der Waals surface area contributed by atoms with E-state index < -0.39 is 8.07 Å². The molecular formula is C13H24Si. The summed E-state index contributed by atoms with van der Waals surface area (Å²) in [6, 6.07) is 1.22. The Balaban J connectivity index is 3.99. The van der Waals surface area contributed by atoms with Crippen LogP contribution in [0.4, 0.5) is 0 Å². The maximum absolute atomic E-state index is 5.49. The van der Waals surface area contributed by atoms with E-state index in [1.165, 1.54) is 18.0 Å². The van der Waals surface area contributed by atoms with Crippen LogP contribution < -0.4 is 0 Å². The zero-order valence-electron chi connectivity index (χ0n) is 10.2. The second-order valence-corrected chi connectivity index (χ2v) is 10.8. The van der Waals surface area contributed by atoms with Gasteiger partial charge in [0.2, 0.25) is 0 Å². The summed E-state index contributed by atoms with van der Waals surface area (Å²) in [4.78, 5) is 0. The monoisotopic (exact) mass is 208 g/mol. The molecule has 1 atom stereocenters. The van der Waals surface area contributed by atoms with Crippen LogP contribution in [0.15, 0.2) is 12.2 Å². The van der Waals surface area contributed by atoms with Crippen molar-refractivity contribution in [2.45, 2.75) is 51.9 Å². The summed E-state index contributed by atoms with van der Waals surface area (Å²) in [5.74, 6) is 3.29. The van der Waals surface area contributed by atoms with Gasteiger partial charge in [0, 0.05) is 14.0 Å². The molecule has 0 saturated carbocycles. The smallest absolute Gasteiger partial charge is 0.0483 e. The van der Waals surface area contributed by atoms with E-state index in [2.05, 4.69) is 39.1 Å². The third-order valence-electron chi connectivity index (χ3n) is 2.19. The molecule has 1 heteroatoms. The fraction of sp³-hybridized carbons (Fsp3) is 0.692. The highest BCUT2D eigenvalue weighted by molar-refractivity contribution is 6.76. The number of hydrogen-bond acceptors (Lipinski definition) is 0. The van der Waals surface area contributed by atoms with Gasteiger partial charge >= 0.3 is 0 Å². The molecule has 0 aromatic heterocycles. The van der Waals surface area contributed by atoms with Gasteiger partial charge < -0.3 is 0 Å². The normalized spacial score (nSPS) is 13.4. The Hall–Kier alpha value is -0.483. The van der Waals surface area contributed by atoms with Crippen LogP contribution in [0, 0.1) is 18.3 Å². The highest BCUT2D eigenvalue weighted by Gasteiger charge is 2.16. The summed E-state index contributed by atoms with van der Waals surface area (Å²) in [6.45, 7) is 13.5. The Morgan fingerprint density at radius 2 is 2.00 bits per heavy atom. The zero-order valence-corrected chi connectivity index (χ0v) is 11.2. The van der Waals surface area contributed by atoms with Crippen LogP contribution in [0.25, 0.3) is 0 Å². The Bertz CT molecular complexity index is 214. The molecule has 0 saturated heterocycles. The summed E-state index contributed by atoms with van der Waals surface area (Å²) in [5, 5.41) is 0. The van der Waals surface area contributed by atoms with Gasteiger partial charge in [-0.2, -0.15) is 0 Å². The lowest BCUT2D eigenvalue weighted by molar-refractivity contribution is 0.594. The number of rotatable bonds is 6. The first kappa shape index (κ1) is 13.5. The summed E-state index contributed by atoms with van der Waals surface area (Å²) < 4.78 is 0. The van der Waals surface area contributed by atoms with Crippen LogP contribution in [0.3, 0.4) is 0 Å². The van der Waals surface area contributed by atoms with E-state index in [1.807, 2.05) is 0 Å². The molecule has 14 heavy (non-hydrogen) atoms. The molecule has 0 spiro atoms. The van der Waals surface area contributed by atoms with Gasteiger partial charge in [-0.05, 0) is 18.9 Å². The Labute approximate surface area is 90.8 Å². The Morgan fingerprint density at radius 3 is 2.36 bits per heavy atom. The number of hydrogen-bond donors (Lipinski definition) is 0. The maximum atomic E-state index is 5.49. The van der Waals surface area contributed by atoms with Crippen molar-refractivity contribution in [3.63, 3.8) is 0 Å². The van der Waals surface area contributed by atoms with Gasteiger partial charge in [0.25, 0.3) is 0 Å². The minimum absolute atomic E-state index is 0.420. The Morgan fingerprint density at radius 1 is 1.43 bits per heavy atom. The largest absolute Gasteiger partial charge is 0.120 e. The summed E-state index contributed by atoms with van der Waals surface area (Å²) in [5.41, 5.74) is 1.36. The lowest BCUT2D eigenvalue weighted by Gasteiger charge is -2.19. The molecule has 0 aliphatic carbocycles. The molecule has 0 fully saturated rings. The molecule has 0 aliphatic rings. The van der Waals surface area contributed by atoms with Crippen molar-refractivity contribution in [1.29, 1.82) is 0 Å². The lowest BCUT2D eigenvalue weighted by atomic mass is 9.97. The molecule has 0 amide bonds. The summed E-state index contributed by atoms with van der Waals surface area (Å²) in [7, 11) is -0.991. The van der Waals surface area contributed by atoms with Gasteiger partial charge in [0.05, 0.1) is 0 Å². The second kappa shape index (κ2) is 6.09. The van der Waals surface area contributed by atoms with Crippen LogP contribution >= 0.6 is 0 Å². The fourth-order valence-corrected chi connectivity index (χ4v) is 3.41. The molecular weight excluding hydrogens is 184 g/mol. The van der Waals surface area contributed by atoms with Gasteiger partial charge in [-0.1, -0.05) is 38.6 Å². The van der Waals surface area contributed by atoms with Crippen LogP contribution in [0.2, 0.25) is 25.7 Å². The minimum atomic E-state index is -0.991. The van der Waals surface area contributed by atoms with Crippen molar-refractivity contribution in [1.82, 2.24) is 0 Å². The van der Waals surface area contributed by atoms with E-state index in [1.54, 1.807) is 0 Å². The molecule has 0 radical (unpaired) electrons. The predicted octanol–water partition coefficient (Wildman–Crippen LogP) is 4.32. The summed E-state index contributed by atoms with van der Waals surface area (Å²) >= 11 is 0. The number of allylic oxidation sites excluding steroid dienone is 1. The molecule has 0 aliphatic heterocycles. The first-order valence-corrected chi connectivity index (χ1v) is 9.22. The third kappa shape index (κ3) is 6.97. The molecule has 80 valence electrons. The van der Waals surface area contributed by atoms with Crippen molar-refractivity contribution >= 4 is 8.07 Å². The standard InChI is InChI=1S/C13H24Si/c1-7-9-13(8-2)10-12(3)11-14(4,5)6/h2,13H,3,7,9-11H2,1,4-6H3. The average molecular weight is 208 g/mol. The quantitative estimate of drug-likeness (QED) is 0.346. The van der Waals surface area contributed by atoms with Crippen molar-refractivity contribution in [2.75, 3.05) is 0 Å². The Kier molecular flexibility index (Phi) is 5.88. The third-order valence-corrected chi connectivity index (χ3v) is 3.75. The predicted molar refractivity (Wildman–Crippen MR) is 69.1 cm³/mol. The molecule has 0 bridgehead atoms. The van der Waals surface area contributed by atoms with E-state index in [-0.39, 0.29) is 0 Å². The van der Waals surface area contributed by atoms with Gasteiger partial charge in [-0.15, -0.1) is 18.9 Å². The van der Waals surface area contributed by atoms with Crippen molar-refractivity contribution in [3.8, 4) is 12.3 Å². The van der Waals surface area contributed by atoms with Crippen molar-refractivity contribution < 1.29 is 0 Å². The van der Waals surface area contributed by atoms with Crippen LogP contribution in [-0.2, 0) is 0 Å². The van der Waals surface area contributed by atoms with Crippen molar-refractivity contribution in [2.24, 2.45) is 5.92 Å². The molecule has 0 N–H and O–H groups in total. The average Bonchev–Trinajstić information content (AvgIpc) is 2.00. The van der Waals surface area contributed by atoms with Crippen LogP contribution in [-0.4, -0.2) is 8.07 Å². The fourth-order valence-electron chi connectivity index (χ4n) is 1.76. The van der Waals surface area contributed by atoms with Gasteiger partial charge in [0.15, 0.2) is 0 Å². The van der Waals surface area contributed by atoms with E-state index >= 15 is 0 Å². The van der Waals surface area contributed by atoms with E-state index in [4.69, 9.17) is 6.42 Å².